The molecule has 0 unspecified atom stereocenters. The number of hydrogen-bond acceptors (Lipinski definition) is 4. The predicted octanol–water partition coefficient (Wildman–Crippen LogP) is 1.85. The van der Waals surface area contributed by atoms with Crippen LogP contribution in [0.5, 0.6) is 0 Å². The maximum Gasteiger partial charge on any atom is 0.323 e. The van der Waals surface area contributed by atoms with Crippen molar-refractivity contribution in [1.82, 2.24) is 4.57 Å². The summed E-state index contributed by atoms with van der Waals surface area (Å²) in [6.45, 7) is 13.3. The fourth-order valence-corrected chi connectivity index (χ4v) is 4.34. The van der Waals surface area contributed by atoms with Gasteiger partial charge in [0.2, 0.25) is 0 Å². The van der Waals surface area contributed by atoms with E-state index in [1.807, 2.05) is 20.8 Å². The first-order valence-electron chi connectivity index (χ1n) is 6.65. The molecule has 1 saturated heterocycles. The molecule has 0 bridgehead atoms. The first-order chi connectivity index (χ1) is 8.04. The average molecular weight is 273 g/mol. The molecule has 0 aromatic carbocycles. The number of aliphatic hydroxyl groups is 1. The van der Waals surface area contributed by atoms with Crippen molar-refractivity contribution in [2.24, 2.45) is 5.92 Å². The summed E-state index contributed by atoms with van der Waals surface area (Å²) in [6, 6.07) is -0.173. The molecule has 0 aromatic rings. The highest BCUT2D eigenvalue weighted by atomic mass is 28.3. The van der Waals surface area contributed by atoms with Gasteiger partial charge in [0.1, 0.15) is 19.9 Å². The van der Waals surface area contributed by atoms with E-state index in [2.05, 4.69) is 24.2 Å². The topological polar surface area (TPSA) is 49.8 Å². The smallest absolute Gasteiger partial charge is 0.323 e. The van der Waals surface area contributed by atoms with E-state index in [4.69, 9.17) is 4.74 Å². The summed E-state index contributed by atoms with van der Waals surface area (Å²) < 4.78 is 7.78. The van der Waals surface area contributed by atoms with Gasteiger partial charge in [-0.3, -0.25) is 4.79 Å². The highest BCUT2D eigenvalue weighted by Gasteiger charge is 2.43. The van der Waals surface area contributed by atoms with Crippen LogP contribution in [0.4, 0.5) is 0 Å². The molecule has 0 spiro atoms. The van der Waals surface area contributed by atoms with Crippen LogP contribution in [0.25, 0.3) is 0 Å². The van der Waals surface area contributed by atoms with Gasteiger partial charge in [0, 0.05) is 6.61 Å². The van der Waals surface area contributed by atoms with Crippen LogP contribution < -0.4 is 0 Å². The number of hydrogen-bond donors (Lipinski definition) is 1. The molecule has 1 rings (SSSR count). The minimum Gasteiger partial charge on any atom is -0.459 e. The van der Waals surface area contributed by atoms with Crippen molar-refractivity contribution in [3.8, 4) is 0 Å². The lowest BCUT2D eigenvalue weighted by molar-refractivity contribution is -0.159. The van der Waals surface area contributed by atoms with Crippen LogP contribution in [0.1, 0.15) is 27.2 Å². The molecule has 5 heteroatoms. The normalized spacial score (nSPS) is 26.4. The molecule has 106 valence electrons. The van der Waals surface area contributed by atoms with Crippen LogP contribution in [-0.2, 0) is 9.53 Å². The van der Waals surface area contributed by atoms with Gasteiger partial charge in [-0.25, -0.2) is 0 Å². The lowest BCUT2D eigenvalue weighted by Gasteiger charge is -2.35. The third-order valence-corrected chi connectivity index (χ3v) is 5.40. The van der Waals surface area contributed by atoms with Crippen molar-refractivity contribution >= 4 is 14.2 Å². The molecule has 0 aliphatic carbocycles. The second-order valence-corrected chi connectivity index (χ2v) is 12.1. The standard InChI is InChI=1S/C13H27NO3Si/c1-13(2,3)17-12(16)11-7-10(9-15)8-14(11)18(4,5)6/h10-11,15H,7-9H2,1-6H3/t10-,11+/m0/s1. The summed E-state index contributed by atoms with van der Waals surface area (Å²) in [6.07, 6.45) is 0.718. The maximum absolute atomic E-state index is 12.3. The van der Waals surface area contributed by atoms with Crippen LogP contribution in [0.2, 0.25) is 19.6 Å². The zero-order valence-electron chi connectivity index (χ0n) is 12.5. The van der Waals surface area contributed by atoms with E-state index in [1.165, 1.54) is 0 Å². The van der Waals surface area contributed by atoms with Crippen molar-refractivity contribution in [2.45, 2.75) is 58.5 Å². The van der Waals surface area contributed by atoms with Gasteiger partial charge < -0.3 is 14.4 Å². The van der Waals surface area contributed by atoms with Crippen LogP contribution in [0, 0.1) is 5.92 Å². The van der Waals surface area contributed by atoms with E-state index in [0.717, 1.165) is 13.0 Å². The van der Waals surface area contributed by atoms with Crippen molar-refractivity contribution < 1.29 is 14.6 Å². The van der Waals surface area contributed by atoms with Crippen LogP contribution in [0.15, 0.2) is 0 Å². The fraction of sp³-hybridized carbons (Fsp3) is 0.923. The number of aliphatic hydroxyl groups excluding tert-OH is 1. The maximum atomic E-state index is 12.3. The van der Waals surface area contributed by atoms with Gasteiger partial charge in [-0.05, 0) is 39.7 Å². The Kier molecular flexibility index (Phi) is 4.62. The molecule has 0 radical (unpaired) electrons. The minimum absolute atomic E-state index is 0.138. The van der Waals surface area contributed by atoms with Crippen molar-refractivity contribution in [1.29, 1.82) is 0 Å². The molecule has 1 fully saturated rings. The van der Waals surface area contributed by atoms with E-state index in [1.54, 1.807) is 0 Å². The van der Waals surface area contributed by atoms with Crippen LogP contribution in [-0.4, -0.2) is 48.7 Å². The molecular formula is C13H27NO3Si. The van der Waals surface area contributed by atoms with Gasteiger partial charge in [-0.15, -0.1) is 0 Å². The molecule has 2 atom stereocenters. The average Bonchev–Trinajstić information content (AvgIpc) is 2.57. The van der Waals surface area contributed by atoms with Gasteiger partial charge in [-0.1, -0.05) is 19.6 Å². The molecule has 18 heavy (non-hydrogen) atoms. The van der Waals surface area contributed by atoms with Gasteiger partial charge in [-0.2, -0.15) is 0 Å². The third-order valence-electron chi connectivity index (χ3n) is 3.19. The molecule has 1 aliphatic rings. The highest BCUT2D eigenvalue weighted by Crippen LogP contribution is 2.30. The van der Waals surface area contributed by atoms with Crippen molar-refractivity contribution in [3.05, 3.63) is 0 Å². The summed E-state index contributed by atoms with van der Waals surface area (Å²) in [4.78, 5) is 12.3. The Morgan fingerprint density at radius 3 is 2.33 bits per heavy atom. The first kappa shape index (κ1) is 15.7. The summed E-state index contributed by atoms with van der Waals surface area (Å²) in [5.74, 6) is 0.0649. The first-order valence-corrected chi connectivity index (χ1v) is 10.1. The SMILES string of the molecule is CC(C)(C)OC(=O)[C@H]1C[C@H](CO)CN1[Si](C)(C)C. The summed E-state index contributed by atoms with van der Waals surface area (Å²) >= 11 is 0. The Balaban J connectivity index is 2.81. The number of esters is 1. The fourth-order valence-electron chi connectivity index (χ4n) is 2.39. The van der Waals surface area contributed by atoms with Crippen LogP contribution in [0.3, 0.4) is 0 Å². The van der Waals surface area contributed by atoms with Gasteiger partial charge in [0.05, 0.1) is 0 Å². The van der Waals surface area contributed by atoms with E-state index < -0.39 is 13.8 Å². The number of carbonyl (C=O) groups excluding carboxylic acids is 1. The zero-order chi connectivity index (χ0) is 14.1. The molecule has 1 heterocycles. The van der Waals surface area contributed by atoms with Crippen molar-refractivity contribution in [2.75, 3.05) is 13.2 Å². The Labute approximate surface area is 111 Å². The Morgan fingerprint density at radius 2 is 1.94 bits per heavy atom. The Bertz CT molecular complexity index is 306. The second-order valence-electron chi connectivity index (χ2n) is 7.16. The van der Waals surface area contributed by atoms with Gasteiger partial charge >= 0.3 is 5.97 Å². The van der Waals surface area contributed by atoms with E-state index in [-0.39, 0.29) is 24.5 Å². The lowest BCUT2D eigenvalue weighted by Crippen LogP contribution is -2.52. The van der Waals surface area contributed by atoms with E-state index in [0.29, 0.717) is 0 Å². The van der Waals surface area contributed by atoms with Gasteiger partial charge in [0.15, 0.2) is 0 Å². The molecular weight excluding hydrogens is 246 g/mol. The number of rotatable bonds is 3. The largest absolute Gasteiger partial charge is 0.459 e. The second kappa shape index (κ2) is 5.31. The quantitative estimate of drug-likeness (QED) is 0.630. The molecule has 4 nitrogen and oxygen atoms in total. The molecule has 0 saturated carbocycles. The van der Waals surface area contributed by atoms with E-state index in [9.17, 15) is 9.90 Å². The highest BCUT2D eigenvalue weighted by molar-refractivity contribution is 6.73. The number of ether oxygens (including phenoxy) is 1. The summed E-state index contributed by atoms with van der Waals surface area (Å²) in [7, 11) is -1.56. The lowest BCUT2D eigenvalue weighted by atomic mass is 10.1. The molecule has 0 amide bonds. The third kappa shape index (κ3) is 4.07. The predicted molar refractivity (Wildman–Crippen MR) is 74.9 cm³/mol. The van der Waals surface area contributed by atoms with Crippen molar-refractivity contribution in [3.63, 3.8) is 0 Å². The Morgan fingerprint density at radius 1 is 1.39 bits per heavy atom. The van der Waals surface area contributed by atoms with E-state index >= 15 is 0 Å². The zero-order valence-corrected chi connectivity index (χ0v) is 13.5. The number of nitrogens with zero attached hydrogens (tertiary/aromatic N) is 1. The summed E-state index contributed by atoms with van der Waals surface area (Å²) in [5, 5.41) is 9.32. The van der Waals surface area contributed by atoms with Crippen LogP contribution >= 0.6 is 0 Å². The Hall–Kier alpha value is -0.393. The summed E-state index contributed by atoms with van der Waals surface area (Å²) in [5.41, 5.74) is -0.445. The molecule has 1 N–H and O–H groups in total. The molecule has 0 aromatic heterocycles. The minimum atomic E-state index is -1.56. The van der Waals surface area contributed by atoms with Gasteiger partial charge in [0.25, 0.3) is 0 Å². The monoisotopic (exact) mass is 273 g/mol. The molecule has 1 aliphatic heterocycles. The number of carbonyl (C=O) groups is 1.